The molecule has 0 aliphatic carbocycles. The van der Waals surface area contributed by atoms with Crippen LogP contribution in [0.15, 0.2) is 131 Å². The molecule has 0 rings (SSSR count). The van der Waals surface area contributed by atoms with Crippen molar-refractivity contribution in [3.8, 4) is 0 Å². The Balaban J connectivity index is 4.68. The summed E-state index contributed by atoms with van der Waals surface area (Å²) < 4.78 is 0. The number of hydrogen-bond acceptors (Lipinski definition) is 0. The monoisotopic (exact) mass is 400 g/mol. The second-order valence-corrected chi connectivity index (χ2v) is 7.95. The van der Waals surface area contributed by atoms with Crippen LogP contribution in [0, 0.1) is 0 Å². The minimum Gasteiger partial charge on any atom is -0.0764 e. The smallest absolute Gasteiger partial charge is 0.0398 e. The Bertz CT molecular complexity index is 768. The fourth-order valence-corrected chi connectivity index (χ4v) is 2.12. The Labute approximate surface area is 186 Å². The van der Waals surface area contributed by atoms with E-state index in [-0.39, 0.29) is 0 Å². The van der Waals surface area contributed by atoms with Crippen molar-refractivity contribution < 1.29 is 0 Å². The van der Waals surface area contributed by atoms with Crippen molar-refractivity contribution in [2.75, 3.05) is 0 Å². The molecule has 0 amide bonds. The maximum absolute atomic E-state index is 2.12. The first kappa shape index (κ1) is 27.1. The molecule has 0 saturated carbocycles. The molecule has 160 valence electrons. The molecule has 0 saturated heterocycles. The topological polar surface area (TPSA) is 0 Å². The zero-order valence-electron chi connectivity index (χ0n) is 20.2. The minimum absolute atomic E-state index is 1.21. The molecule has 0 heteroatoms. The lowest BCUT2D eigenvalue weighted by molar-refractivity contribution is 1.39. The van der Waals surface area contributed by atoms with Crippen molar-refractivity contribution in [2.45, 2.75) is 55.4 Å². The molecular formula is C30H40. The minimum atomic E-state index is 1.21. The van der Waals surface area contributed by atoms with Crippen LogP contribution in [0.2, 0.25) is 0 Å². The van der Waals surface area contributed by atoms with Gasteiger partial charge in [-0.15, -0.1) is 0 Å². The molecule has 0 aliphatic heterocycles. The molecule has 0 radical (unpaired) electrons. The van der Waals surface area contributed by atoms with E-state index in [0.717, 1.165) is 0 Å². The highest BCUT2D eigenvalue weighted by Gasteiger charge is 1.82. The quantitative estimate of drug-likeness (QED) is 0.320. The lowest BCUT2D eigenvalue weighted by Crippen LogP contribution is -1.70. The molecule has 30 heavy (non-hydrogen) atoms. The SMILES string of the molecule is CC(C)=C/C=C/C(C)=C/C=C/C(C)=C/C=C/C=C(C)/C=C/C=C(C)/C=C/C=C(C)C. The Morgan fingerprint density at radius 3 is 0.800 bits per heavy atom. The van der Waals surface area contributed by atoms with E-state index in [1.807, 2.05) is 0 Å². The van der Waals surface area contributed by atoms with Crippen LogP contribution in [0.3, 0.4) is 0 Å². The molecule has 0 atom stereocenters. The highest BCUT2D eigenvalue weighted by molar-refractivity contribution is 5.32. The van der Waals surface area contributed by atoms with Gasteiger partial charge in [-0.25, -0.2) is 0 Å². The van der Waals surface area contributed by atoms with E-state index < -0.39 is 0 Å². The molecular weight excluding hydrogens is 360 g/mol. The largest absolute Gasteiger partial charge is 0.0764 e. The third kappa shape index (κ3) is 18.5. The van der Waals surface area contributed by atoms with Crippen LogP contribution in [-0.4, -0.2) is 0 Å². The van der Waals surface area contributed by atoms with Crippen LogP contribution >= 0.6 is 0 Å². The van der Waals surface area contributed by atoms with Gasteiger partial charge >= 0.3 is 0 Å². The first-order valence-electron chi connectivity index (χ1n) is 10.6. The van der Waals surface area contributed by atoms with Gasteiger partial charge in [0.1, 0.15) is 0 Å². The fraction of sp³-hybridized carbons (Fsp3) is 0.267. The molecule has 0 spiro atoms. The van der Waals surface area contributed by atoms with E-state index in [4.69, 9.17) is 0 Å². The maximum Gasteiger partial charge on any atom is -0.0398 e. The van der Waals surface area contributed by atoms with Gasteiger partial charge in [-0.05, 0) is 55.4 Å². The predicted molar refractivity (Wildman–Crippen MR) is 140 cm³/mol. The molecule has 0 bridgehead atoms. The van der Waals surface area contributed by atoms with Crippen LogP contribution in [0.25, 0.3) is 0 Å². The summed E-state index contributed by atoms with van der Waals surface area (Å²) in [6.07, 6.45) is 33.7. The van der Waals surface area contributed by atoms with Crippen LogP contribution in [-0.2, 0) is 0 Å². The second-order valence-electron chi connectivity index (χ2n) is 7.95. The number of rotatable bonds is 10. The summed E-state index contributed by atoms with van der Waals surface area (Å²) in [5, 5.41) is 0. The lowest BCUT2D eigenvalue weighted by atomic mass is 10.2. The van der Waals surface area contributed by atoms with Crippen LogP contribution in [0.1, 0.15) is 55.4 Å². The van der Waals surface area contributed by atoms with Crippen LogP contribution in [0.4, 0.5) is 0 Å². The van der Waals surface area contributed by atoms with Crippen molar-refractivity contribution in [3.05, 3.63) is 131 Å². The Hall–Kier alpha value is -2.86. The Morgan fingerprint density at radius 1 is 0.300 bits per heavy atom. The summed E-state index contributed by atoms with van der Waals surface area (Å²) in [7, 11) is 0. The van der Waals surface area contributed by atoms with Gasteiger partial charge in [0, 0.05) is 0 Å². The zero-order chi connectivity index (χ0) is 22.8. The Morgan fingerprint density at radius 2 is 0.533 bits per heavy atom. The Kier molecular flexibility index (Phi) is 15.4. The predicted octanol–water partition coefficient (Wildman–Crippen LogP) is 9.48. The molecule has 0 unspecified atom stereocenters. The van der Waals surface area contributed by atoms with E-state index in [2.05, 4.69) is 153 Å². The molecule has 0 heterocycles. The summed E-state index contributed by atoms with van der Waals surface area (Å²) >= 11 is 0. The van der Waals surface area contributed by atoms with Crippen molar-refractivity contribution in [3.63, 3.8) is 0 Å². The summed E-state index contributed by atoms with van der Waals surface area (Å²) in [6.45, 7) is 16.8. The van der Waals surface area contributed by atoms with Gasteiger partial charge in [-0.2, -0.15) is 0 Å². The standard InChI is InChI=1S/C30H40/c1-25(2)15-11-19-29(7)23-13-21-27(5)17-9-10-18-28(6)22-14-24-30(8)20-12-16-26(3)4/h9-24H,1-8H3/b10-9+,19-11+,20-12+,21-13+,22-14+,27-17+,28-18+,29-23+,30-24+. The lowest BCUT2D eigenvalue weighted by Gasteiger charge is -1.91. The van der Waals surface area contributed by atoms with E-state index in [9.17, 15) is 0 Å². The van der Waals surface area contributed by atoms with E-state index in [1.54, 1.807) is 0 Å². The molecule has 0 aromatic heterocycles. The van der Waals surface area contributed by atoms with Gasteiger partial charge in [0.15, 0.2) is 0 Å². The van der Waals surface area contributed by atoms with Gasteiger partial charge in [-0.3, -0.25) is 0 Å². The molecule has 0 aromatic carbocycles. The normalized spacial score (nSPS) is 14.8. The average Bonchev–Trinajstić information content (AvgIpc) is 2.64. The van der Waals surface area contributed by atoms with E-state index in [0.29, 0.717) is 0 Å². The summed E-state index contributed by atoms with van der Waals surface area (Å²) in [6, 6.07) is 0. The van der Waals surface area contributed by atoms with Crippen molar-refractivity contribution in [1.29, 1.82) is 0 Å². The van der Waals surface area contributed by atoms with Gasteiger partial charge in [-0.1, -0.05) is 131 Å². The summed E-state index contributed by atoms with van der Waals surface area (Å²) in [4.78, 5) is 0. The van der Waals surface area contributed by atoms with Crippen LogP contribution in [0.5, 0.6) is 0 Å². The molecule has 0 nitrogen and oxygen atoms in total. The van der Waals surface area contributed by atoms with Gasteiger partial charge in [0.25, 0.3) is 0 Å². The van der Waals surface area contributed by atoms with Gasteiger partial charge < -0.3 is 0 Å². The number of hydrogen-bond donors (Lipinski definition) is 0. The fourth-order valence-electron chi connectivity index (χ4n) is 2.12. The van der Waals surface area contributed by atoms with Crippen molar-refractivity contribution in [2.24, 2.45) is 0 Å². The molecule has 0 aliphatic rings. The van der Waals surface area contributed by atoms with E-state index >= 15 is 0 Å². The third-order valence-corrected chi connectivity index (χ3v) is 3.84. The van der Waals surface area contributed by atoms with Crippen molar-refractivity contribution in [1.82, 2.24) is 0 Å². The number of allylic oxidation sites excluding steroid dienone is 22. The van der Waals surface area contributed by atoms with Crippen molar-refractivity contribution >= 4 is 0 Å². The second kappa shape index (κ2) is 17.0. The first-order chi connectivity index (χ1) is 14.2. The zero-order valence-corrected chi connectivity index (χ0v) is 20.2. The van der Waals surface area contributed by atoms with Gasteiger partial charge in [0.05, 0.1) is 0 Å². The summed E-state index contributed by atoms with van der Waals surface area (Å²) in [5.74, 6) is 0. The van der Waals surface area contributed by atoms with Gasteiger partial charge in [0.2, 0.25) is 0 Å². The highest BCUT2D eigenvalue weighted by Crippen LogP contribution is 2.03. The maximum atomic E-state index is 2.12. The average molecular weight is 401 g/mol. The summed E-state index contributed by atoms with van der Waals surface area (Å²) in [5.41, 5.74) is 7.50. The van der Waals surface area contributed by atoms with Crippen LogP contribution < -0.4 is 0 Å². The first-order valence-corrected chi connectivity index (χ1v) is 10.6. The highest BCUT2D eigenvalue weighted by atomic mass is 13.9. The molecule has 0 fully saturated rings. The third-order valence-electron chi connectivity index (χ3n) is 3.84. The molecule has 0 N–H and O–H groups in total. The van der Waals surface area contributed by atoms with E-state index in [1.165, 1.54) is 33.4 Å². The molecule has 0 aromatic rings.